The number of hydrogen-bond donors (Lipinski definition) is 1. The molecule has 0 radical (unpaired) electrons. The van der Waals surface area contributed by atoms with E-state index in [9.17, 15) is 4.79 Å². The van der Waals surface area contributed by atoms with Gasteiger partial charge in [0.1, 0.15) is 5.54 Å². The van der Waals surface area contributed by atoms with E-state index in [1.165, 1.54) is 12.8 Å². The quantitative estimate of drug-likeness (QED) is 0.778. The van der Waals surface area contributed by atoms with Crippen molar-refractivity contribution < 1.29 is 9.53 Å². The molecular weight excluding hydrogens is 254 g/mol. The smallest absolute Gasteiger partial charge is 0.325 e. The summed E-state index contributed by atoms with van der Waals surface area (Å²) in [5.74, 6) is -0.243. The van der Waals surface area contributed by atoms with Gasteiger partial charge in [0.25, 0.3) is 0 Å². The minimum atomic E-state index is -0.697. The molecule has 1 heterocycles. The van der Waals surface area contributed by atoms with Gasteiger partial charge in [-0.25, -0.2) is 0 Å². The highest BCUT2D eigenvalue weighted by Crippen LogP contribution is 2.23. The minimum absolute atomic E-state index is 0.127. The summed E-state index contributed by atoms with van der Waals surface area (Å²) >= 11 is 0. The predicted octanol–water partition coefficient (Wildman–Crippen LogP) is 2.11. The van der Waals surface area contributed by atoms with E-state index in [1.807, 2.05) is 11.6 Å². The summed E-state index contributed by atoms with van der Waals surface area (Å²) in [4.78, 5) is 11.9. The molecule has 0 spiro atoms. The largest absolute Gasteiger partial charge is 0.468 e. The van der Waals surface area contributed by atoms with Gasteiger partial charge in [-0.2, -0.15) is 5.10 Å². The second kappa shape index (κ2) is 6.88. The summed E-state index contributed by atoms with van der Waals surface area (Å²) in [5, 5.41) is 7.71. The molecule has 0 aliphatic heterocycles. The van der Waals surface area contributed by atoms with Crippen molar-refractivity contribution in [3.8, 4) is 0 Å². The molecule has 0 amide bonds. The van der Waals surface area contributed by atoms with Crippen LogP contribution in [-0.2, 0) is 22.4 Å². The third-order valence-corrected chi connectivity index (χ3v) is 3.90. The third kappa shape index (κ3) is 3.39. The molecule has 0 saturated carbocycles. The number of aromatic nitrogens is 2. The van der Waals surface area contributed by atoms with E-state index in [2.05, 4.69) is 37.3 Å². The zero-order valence-corrected chi connectivity index (χ0v) is 13.5. The Labute approximate surface area is 121 Å². The van der Waals surface area contributed by atoms with Crippen LogP contribution in [0.3, 0.4) is 0 Å². The lowest BCUT2D eigenvalue weighted by Gasteiger charge is -2.29. The number of carbonyl (C=O) groups excluding carboxylic acids is 1. The first-order chi connectivity index (χ1) is 9.41. The van der Waals surface area contributed by atoms with E-state index in [0.717, 1.165) is 18.5 Å². The number of ether oxygens (including phenoxy) is 1. The van der Waals surface area contributed by atoms with Crippen molar-refractivity contribution in [2.45, 2.75) is 58.5 Å². The summed E-state index contributed by atoms with van der Waals surface area (Å²) in [6.07, 6.45) is 2.49. The second-order valence-corrected chi connectivity index (χ2v) is 5.41. The van der Waals surface area contributed by atoms with E-state index >= 15 is 0 Å². The molecule has 0 aromatic carbocycles. The standard InChI is InChI=1S/C15H27N3O2/c1-7-12-9-13(8-2)18(17-12)11(3)10-15(4,16-5)14(19)20-6/h9,11,16H,7-8,10H2,1-6H3. The van der Waals surface area contributed by atoms with Crippen molar-refractivity contribution >= 4 is 5.97 Å². The molecule has 5 heteroatoms. The zero-order valence-electron chi connectivity index (χ0n) is 13.5. The Morgan fingerprint density at radius 2 is 2.15 bits per heavy atom. The minimum Gasteiger partial charge on any atom is -0.468 e. The zero-order chi connectivity index (χ0) is 15.3. The maximum Gasteiger partial charge on any atom is 0.325 e. The van der Waals surface area contributed by atoms with Gasteiger partial charge in [-0.15, -0.1) is 0 Å². The number of hydrogen-bond acceptors (Lipinski definition) is 4. The van der Waals surface area contributed by atoms with Crippen molar-refractivity contribution in [1.82, 2.24) is 15.1 Å². The normalized spacial score (nSPS) is 15.7. The monoisotopic (exact) mass is 281 g/mol. The average Bonchev–Trinajstić information content (AvgIpc) is 2.89. The summed E-state index contributed by atoms with van der Waals surface area (Å²) in [6.45, 7) is 8.18. The van der Waals surface area contributed by atoms with Crippen molar-refractivity contribution in [2.75, 3.05) is 14.2 Å². The van der Waals surface area contributed by atoms with Crippen LogP contribution in [0.1, 0.15) is 51.5 Å². The highest BCUT2D eigenvalue weighted by molar-refractivity contribution is 5.80. The first-order valence-corrected chi connectivity index (χ1v) is 7.26. The topological polar surface area (TPSA) is 56.2 Å². The van der Waals surface area contributed by atoms with Crippen molar-refractivity contribution in [3.05, 3.63) is 17.5 Å². The Morgan fingerprint density at radius 3 is 2.60 bits per heavy atom. The molecule has 5 nitrogen and oxygen atoms in total. The van der Waals surface area contributed by atoms with Gasteiger partial charge in [0.2, 0.25) is 0 Å². The van der Waals surface area contributed by atoms with E-state index < -0.39 is 5.54 Å². The van der Waals surface area contributed by atoms with Crippen LogP contribution in [-0.4, -0.2) is 35.4 Å². The highest BCUT2D eigenvalue weighted by atomic mass is 16.5. The average molecular weight is 281 g/mol. The number of aryl methyl sites for hydroxylation is 2. The first-order valence-electron chi connectivity index (χ1n) is 7.26. The molecule has 2 unspecified atom stereocenters. The second-order valence-electron chi connectivity index (χ2n) is 5.41. The van der Waals surface area contributed by atoms with Crippen LogP contribution in [0, 0.1) is 0 Å². The molecule has 0 fully saturated rings. The van der Waals surface area contributed by atoms with Gasteiger partial charge in [-0.05, 0) is 46.2 Å². The van der Waals surface area contributed by atoms with Gasteiger partial charge < -0.3 is 10.1 Å². The number of methoxy groups -OCH3 is 1. The lowest BCUT2D eigenvalue weighted by molar-refractivity contribution is -0.148. The fourth-order valence-electron chi connectivity index (χ4n) is 2.50. The maximum absolute atomic E-state index is 11.9. The Hall–Kier alpha value is -1.36. The summed E-state index contributed by atoms with van der Waals surface area (Å²) in [5.41, 5.74) is 1.60. The van der Waals surface area contributed by atoms with Crippen LogP contribution >= 0.6 is 0 Å². The van der Waals surface area contributed by atoms with E-state index in [4.69, 9.17) is 4.74 Å². The van der Waals surface area contributed by atoms with Crippen LogP contribution in [0.2, 0.25) is 0 Å². The third-order valence-electron chi connectivity index (χ3n) is 3.90. The van der Waals surface area contributed by atoms with Crippen LogP contribution in [0.15, 0.2) is 6.07 Å². The number of carbonyl (C=O) groups is 1. The van der Waals surface area contributed by atoms with E-state index in [0.29, 0.717) is 6.42 Å². The Balaban J connectivity index is 2.97. The summed E-state index contributed by atoms with van der Waals surface area (Å²) in [7, 11) is 3.20. The van der Waals surface area contributed by atoms with Gasteiger partial charge in [-0.3, -0.25) is 9.48 Å². The van der Waals surface area contributed by atoms with Gasteiger partial charge in [0, 0.05) is 5.69 Å². The molecule has 0 aliphatic rings. The van der Waals surface area contributed by atoms with Crippen molar-refractivity contribution in [3.63, 3.8) is 0 Å². The first kappa shape index (κ1) is 16.7. The molecule has 20 heavy (non-hydrogen) atoms. The highest BCUT2D eigenvalue weighted by Gasteiger charge is 2.35. The number of esters is 1. The molecule has 2 atom stereocenters. The Kier molecular flexibility index (Phi) is 5.74. The molecule has 114 valence electrons. The van der Waals surface area contributed by atoms with Crippen LogP contribution in [0.25, 0.3) is 0 Å². The van der Waals surface area contributed by atoms with E-state index in [1.54, 1.807) is 7.05 Å². The van der Waals surface area contributed by atoms with Crippen LogP contribution < -0.4 is 5.32 Å². The van der Waals surface area contributed by atoms with Gasteiger partial charge >= 0.3 is 5.97 Å². The van der Waals surface area contributed by atoms with Gasteiger partial charge in [-0.1, -0.05) is 13.8 Å². The molecule has 0 saturated heterocycles. The Morgan fingerprint density at radius 1 is 1.50 bits per heavy atom. The molecule has 1 N–H and O–H groups in total. The maximum atomic E-state index is 11.9. The van der Waals surface area contributed by atoms with Crippen LogP contribution in [0.4, 0.5) is 0 Å². The molecule has 0 bridgehead atoms. The molecule has 1 aromatic rings. The fourth-order valence-corrected chi connectivity index (χ4v) is 2.50. The fraction of sp³-hybridized carbons (Fsp3) is 0.733. The van der Waals surface area contributed by atoms with Gasteiger partial charge in [0.05, 0.1) is 18.8 Å². The molecule has 1 rings (SSSR count). The Bertz CT molecular complexity index is 456. The molecule has 1 aromatic heterocycles. The lowest BCUT2D eigenvalue weighted by atomic mass is 9.94. The van der Waals surface area contributed by atoms with Crippen molar-refractivity contribution in [1.29, 1.82) is 0 Å². The van der Waals surface area contributed by atoms with Crippen LogP contribution in [0.5, 0.6) is 0 Å². The SMILES string of the molecule is CCc1cc(CC)n(C(C)CC(C)(NC)C(=O)OC)n1. The number of nitrogens with zero attached hydrogens (tertiary/aromatic N) is 2. The number of nitrogens with one attached hydrogen (secondary N) is 1. The lowest BCUT2D eigenvalue weighted by Crippen LogP contribution is -2.49. The van der Waals surface area contributed by atoms with Gasteiger partial charge in [0.15, 0.2) is 0 Å². The summed E-state index contributed by atoms with van der Waals surface area (Å²) < 4.78 is 6.93. The predicted molar refractivity (Wildman–Crippen MR) is 79.8 cm³/mol. The number of rotatable bonds is 7. The molecule has 0 aliphatic carbocycles. The molecular formula is C15H27N3O2. The van der Waals surface area contributed by atoms with Crippen molar-refractivity contribution in [2.24, 2.45) is 0 Å². The number of likely N-dealkylation sites (N-methyl/N-ethyl adjacent to an activating group) is 1. The summed E-state index contributed by atoms with van der Waals surface area (Å²) in [6, 6.07) is 2.27. The van der Waals surface area contributed by atoms with E-state index in [-0.39, 0.29) is 12.0 Å².